The maximum Gasteiger partial charge on any atom is 0.261 e. The molecule has 4 heterocycles. The molecule has 4 rings (SSSR count). The summed E-state index contributed by atoms with van der Waals surface area (Å²) in [6.45, 7) is 0.539. The van der Waals surface area contributed by atoms with Crippen molar-refractivity contribution in [1.82, 2.24) is 10.3 Å². The molecule has 0 radical (unpaired) electrons. The van der Waals surface area contributed by atoms with E-state index in [0.717, 1.165) is 23.6 Å². The van der Waals surface area contributed by atoms with Crippen LogP contribution in [0.4, 0.5) is 5.13 Å². The number of amides is 2. The minimum atomic E-state index is -0.346. The predicted octanol–water partition coefficient (Wildman–Crippen LogP) is 2.06. The van der Waals surface area contributed by atoms with Crippen molar-refractivity contribution in [3.8, 4) is 0 Å². The topological polar surface area (TPSA) is 84.2 Å². The Balaban J connectivity index is 1.59. The molecule has 0 unspecified atom stereocenters. The van der Waals surface area contributed by atoms with Crippen LogP contribution in [0.1, 0.15) is 37.0 Å². The number of anilines is 1. The number of carbonyl (C=O) groups excluding carboxylic acids is 2. The van der Waals surface area contributed by atoms with Gasteiger partial charge in [-0.1, -0.05) is 0 Å². The van der Waals surface area contributed by atoms with Crippen molar-refractivity contribution in [2.24, 2.45) is 0 Å². The number of furan rings is 1. The van der Waals surface area contributed by atoms with Crippen molar-refractivity contribution in [1.29, 1.82) is 0 Å². The maximum atomic E-state index is 12.4. The molecule has 2 aliphatic rings. The number of nitrogens with zero attached hydrogens (tertiary/aromatic N) is 1. The van der Waals surface area contributed by atoms with Gasteiger partial charge in [-0.15, -0.1) is 11.3 Å². The largest absolute Gasteiger partial charge is 0.468 e. The fourth-order valence-electron chi connectivity index (χ4n) is 2.62. The molecule has 0 aromatic carbocycles. The number of nitrogens with one attached hydrogen (secondary N) is 2. The summed E-state index contributed by atoms with van der Waals surface area (Å²) in [5.41, 5.74) is 1.70. The lowest BCUT2D eigenvalue weighted by Gasteiger charge is -2.11. The molecule has 0 aliphatic carbocycles. The zero-order valence-corrected chi connectivity index (χ0v) is 13.2. The van der Waals surface area contributed by atoms with Crippen LogP contribution in [0.2, 0.25) is 0 Å². The third kappa shape index (κ3) is 2.32. The summed E-state index contributed by atoms with van der Waals surface area (Å²) in [5, 5.41) is 6.11. The fraction of sp³-hybridized carbons (Fsp3) is 0.357. The van der Waals surface area contributed by atoms with E-state index in [4.69, 9.17) is 4.42 Å². The van der Waals surface area contributed by atoms with Crippen LogP contribution in [-0.2, 0) is 18.6 Å². The van der Waals surface area contributed by atoms with Crippen molar-refractivity contribution >= 4 is 40.0 Å². The van der Waals surface area contributed by atoms with E-state index >= 15 is 0 Å². The first-order valence-electron chi connectivity index (χ1n) is 6.98. The van der Waals surface area contributed by atoms with Gasteiger partial charge in [0.25, 0.3) is 11.8 Å². The Kier molecular flexibility index (Phi) is 3.42. The van der Waals surface area contributed by atoms with Crippen LogP contribution in [0, 0.1) is 0 Å². The average molecular weight is 335 g/mol. The highest BCUT2D eigenvalue weighted by molar-refractivity contribution is 7.98. The lowest BCUT2D eigenvalue weighted by Crippen LogP contribution is -2.32. The van der Waals surface area contributed by atoms with Crippen molar-refractivity contribution in [3.63, 3.8) is 0 Å². The maximum absolute atomic E-state index is 12.4. The Morgan fingerprint density at radius 3 is 3.18 bits per heavy atom. The highest BCUT2D eigenvalue weighted by Gasteiger charge is 2.28. The zero-order chi connectivity index (χ0) is 15.1. The van der Waals surface area contributed by atoms with Gasteiger partial charge in [-0.3, -0.25) is 14.9 Å². The highest BCUT2D eigenvalue weighted by Crippen LogP contribution is 2.32. The number of hydrogen-bond acceptors (Lipinski definition) is 6. The molecule has 114 valence electrons. The smallest absolute Gasteiger partial charge is 0.261 e. The molecule has 0 fully saturated rings. The number of aromatic nitrogens is 1. The fourth-order valence-corrected chi connectivity index (χ4v) is 4.74. The summed E-state index contributed by atoms with van der Waals surface area (Å²) >= 11 is 3.38. The Bertz CT molecular complexity index is 742. The summed E-state index contributed by atoms with van der Waals surface area (Å²) in [6, 6.07) is 0. The van der Waals surface area contributed by atoms with Gasteiger partial charge in [-0.05, 0) is 12.2 Å². The van der Waals surface area contributed by atoms with Gasteiger partial charge in [0.15, 0.2) is 5.13 Å². The summed E-state index contributed by atoms with van der Waals surface area (Å²) in [4.78, 5) is 30.0. The number of aryl methyl sites for hydroxylation is 1. The van der Waals surface area contributed by atoms with Gasteiger partial charge in [0.05, 0.1) is 16.8 Å². The number of fused-ring (bicyclic) bond motifs is 2. The van der Waals surface area contributed by atoms with Crippen LogP contribution >= 0.6 is 23.1 Å². The van der Waals surface area contributed by atoms with E-state index in [1.165, 1.54) is 22.5 Å². The van der Waals surface area contributed by atoms with Gasteiger partial charge < -0.3 is 9.73 Å². The quantitative estimate of drug-likeness (QED) is 0.878. The van der Waals surface area contributed by atoms with Crippen LogP contribution < -0.4 is 10.6 Å². The minimum Gasteiger partial charge on any atom is -0.468 e. The van der Waals surface area contributed by atoms with Crippen molar-refractivity contribution in [2.75, 3.05) is 17.6 Å². The number of thioether (sulfide) groups is 1. The lowest BCUT2D eigenvalue weighted by atomic mass is 10.0. The molecular formula is C14H13N3O3S2. The molecule has 22 heavy (non-hydrogen) atoms. The van der Waals surface area contributed by atoms with E-state index in [0.29, 0.717) is 29.4 Å². The molecule has 0 atom stereocenters. The molecule has 2 aromatic heterocycles. The number of thiazole rings is 1. The van der Waals surface area contributed by atoms with Gasteiger partial charge in [0, 0.05) is 23.6 Å². The Hall–Kier alpha value is -1.80. The molecule has 2 N–H and O–H groups in total. The van der Waals surface area contributed by atoms with E-state index < -0.39 is 0 Å². The van der Waals surface area contributed by atoms with Crippen LogP contribution in [0.5, 0.6) is 0 Å². The summed E-state index contributed by atoms with van der Waals surface area (Å²) < 4.78 is 5.36. The molecule has 2 aromatic rings. The molecule has 2 amide bonds. The average Bonchev–Trinajstić information content (AvgIpc) is 3.10. The van der Waals surface area contributed by atoms with Gasteiger partial charge in [-0.25, -0.2) is 4.98 Å². The second-order valence-electron chi connectivity index (χ2n) is 5.10. The third-order valence-corrected chi connectivity index (χ3v) is 5.87. The molecule has 0 spiro atoms. The lowest BCUT2D eigenvalue weighted by molar-refractivity contribution is 0.0932. The van der Waals surface area contributed by atoms with E-state index in [1.807, 2.05) is 11.8 Å². The SMILES string of the molecule is O=C(Nc1nc2c(s1)CSCC2)c1coc2c1C(=O)NCC2. The zero-order valence-electron chi connectivity index (χ0n) is 11.6. The van der Waals surface area contributed by atoms with Crippen LogP contribution in [0.25, 0.3) is 0 Å². The summed E-state index contributed by atoms with van der Waals surface area (Å²) in [5.74, 6) is 1.99. The molecule has 0 saturated carbocycles. The Labute approximate surface area is 134 Å². The number of rotatable bonds is 2. The van der Waals surface area contributed by atoms with Gasteiger partial charge in [0.1, 0.15) is 12.0 Å². The highest BCUT2D eigenvalue weighted by atomic mass is 32.2. The normalized spacial score (nSPS) is 16.6. The first kappa shape index (κ1) is 13.8. The second-order valence-corrected chi connectivity index (χ2v) is 7.29. The number of hydrogen-bond donors (Lipinski definition) is 2. The van der Waals surface area contributed by atoms with Gasteiger partial charge in [0.2, 0.25) is 0 Å². The molecule has 8 heteroatoms. The molecule has 0 bridgehead atoms. The molecule has 6 nitrogen and oxygen atoms in total. The van der Waals surface area contributed by atoms with E-state index in [-0.39, 0.29) is 17.4 Å². The Morgan fingerprint density at radius 2 is 2.32 bits per heavy atom. The molecular weight excluding hydrogens is 322 g/mol. The van der Waals surface area contributed by atoms with E-state index in [2.05, 4.69) is 15.6 Å². The van der Waals surface area contributed by atoms with Crippen molar-refractivity contribution < 1.29 is 14.0 Å². The van der Waals surface area contributed by atoms with E-state index in [1.54, 1.807) is 0 Å². The van der Waals surface area contributed by atoms with Gasteiger partial charge >= 0.3 is 0 Å². The second kappa shape index (κ2) is 5.44. The first-order chi connectivity index (χ1) is 10.7. The monoisotopic (exact) mass is 335 g/mol. The predicted molar refractivity (Wildman–Crippen MR) is 84.7 cm³/mol. The van der Waals surface area contributed by atoms with Gasteiger partial charge in [-0.2, -0.15) is 11.8 Å². The van der Waals surface area contributed by atoms with Crippen molar-refractivity contribution in [2.45, 2.75) is 18.6 Å². The van der Waals surface area contributed by atoms with Crippen molar-refractivity contribution in [3.05, 3.63) is 33.7 Å². The van der Waals surface area contributed by atoms with E-state index in [9.17, 15) is 9.59 Å². The standard InChI is InChI=1S/C14H13N3O3S2/c18-12(7-5-20-9-1-3-15-13(19)11(7)9)17-14-16-8-2-4-21-6-10(8)22-14/h5H,1-4,6H2,(H,15,19)(H,16,17,18). The van der Waals surface area contributed by atoms with Crippen LogP contribution in [0.3, 0.4) is 0 Å². The number of carbonyl (C=O) groups is 2. The summed E-state index contributed by atoms with van der Waals surface area (Å²) in [7, 11) is 0. The molecule has 2 aliphatic heterocycles. The minimum absolute atomic E-state index is 0.255. The molecule has 0 saturated heterocycles. The third-order valence-electron chi connectivity index (χ3n) is 3.69. The Morgan fingerprint density at radius 1 is 1.41 bits per heavy atom. The van der Waals surface area contributed by atoms with Crippen LogP contribution in [-0.4, -0.2) is 29.1 Å². The van der Waals surface area contributed by atoms with Crippen LogP contribution in [0.15, 0.2) is 10.7 Å². The first-order valence-corrected chi connectivity index (χ1v) is 8.95. The summed E-state index contributed by atoms with van der Waals surface area (Å²) in [6.07, 6.45) is 2.90.